The lowest BCUT2D eigenvalue weighted by Crippen LogP contribution is -2.49. The van der Waals surface area contributed by atoms with Crippen molar-refractivity contribution in [2.75, 3.05) is 39.8 Å². The number of amides is 2. The number of hydrogen-bond donors (Lipinski definition) is 3. The number of ketones is 2. The van der Waals surface area contributed by atoms with Crippen LogP contribution in [0.2, 0.25) is 0 Å². The summed E-state index contributed by atoms with van der Waals surface area (Å²) in [6, 6.07) is 15.1. The molecule has 0 aromatic heterocycles. The molecule has 0 unspecified atom stereocenters. The van der Waals surface area contributed by atoms with Gasteiger partial charge in [-0.15, -0.1) is 0 Å². The molecule has 4 N–H and O–H groups in total. The molecule has 4 aliphatic heterocycles. The molecule has 2 amide bonds. The summed E-state index contributed by atoms with van der Waals surface area (Å²) >= 11 is 0. The summed E-state index contributed by atoms with van der Waals surface area (Å²) in [6.45, 7) is 3.97. The highest BCUT2D eigenvalue weighted by Gasteiger charge is 2.43. The minimum Gasteiger partial charge on any atom is -0.454 e. The molecule has 10 rings (SSSR count). The Balaban J connectivity index is 0.000000144. The van der Waals surface area contributed by atoms with Crippen LogP contribution in [0, 0.1) is 34.1 Å². The zero-order chi connectivity index (χ0) is 42.0. The number of likely N-dealkylation sites (tertiary alicyclic amines) is 1. The van der Waals surface area contributed by atoms with Crippen molar-refractivity contribution in [3.63, 3.8) is 0 Å². The van der Waals surface area contributed by atoms with Crippen LogP contribution >= 0.6 is 0 Å². The van der Waals surface area contributed by atoms with Crippen LogP contribution in [0.1, 0.15) is 81.5 Å². The van der Waals surface area contributed by atoms with E-state index >= 15 is 0 Å². The van der Waals surface area contributed by atoms with Crippen LogP contribution in [0.4, 0.5) is 22.4 Å². The molecule has 2 saturated heterocycles. The quantitative estimate of drug-likeness (QED) is 0.184. The monoisotopic (exact) mass is 830 g/mol. The van der Waals surface area contributed by atoms with Crippen LogP contribution in [-0.4, -0.2) is 62.3 Å². The summed E-state index contributed by atoms with van der Waals surface area (Å²) in [5.41, 5.74) is 7.95. The lowest BCUT2D eigenvalue weighted by Gasteiger charge is -2.44. The third-order valence-electron chi connectivity index (χ3n) is 12.5. The molecule has 4 aromatic carbocycles. The third kappa shape index (κ3) is 8.50. The summed E-state index contributed by atoms with van der Waals surface area (Å²) in [6.07, 6.45) is 4.59. The number of Topliss-reactive ketones (excluding diaryl/α,β-unsaturated/α-hetero) is 2. The van der Waals surface area contributed by atoms with Gasteiger partial charge in [-0.2, -0.15) is 0 Å². The molecular formula is C45H46F4N4O7. The number of para-hydroxylation sites is 2. The van der Waals surface area contributed by atoms with Crippen LogP contribution in [0.3, 0.4) is 0 Å². The van der Waals surface area contributed by atoms with E-state index in [0.717, 1.165) is 66.8 Å². The molecule has 4 aromatic rings. The van der Waals surface area contributed by atoms with Gasteiger partial charge in [-0.3, -0.25) is 9.59 Å². The number of rotatable bonds is 3. The van der Waals surface area contributed by atoms with E-state index in [1.165, 1.54) is 6.07 Å². The van der Waals surface area contributed by atoms with E-state index in [4.69, 9.17) is 24.7 Å². The molecule has 2 aliphatic carbocycles. The number of hydrogen-bond acceptors (Lipinski definition) is 9. The van der Waals surface area contributed by atoms with Gasteiger partial charge in [-0.05, 0) is 97.8 Å². The van der Waals surface area contributed by atoms with Crippen LogP contribution in [0.5, 0.6) is 23.0 Å². The van der Waals surface area contributed by atoms with Crippen molar-refractivity contribution < 1.29 is 50.9 Å². The number of fused-ring (bicyclic) bond motifs is 4. The number of ether oxygens (including phenoxy) is 4. The molecule has 0 saturated carbocycles. The fourth-order valence-electron chi connectivity index (χ4n) is 9.22. The van der Waals surface area contributed by atoms with Gasteiger partial charge in [0.2, 0.25) is 13.6 Å². The summed E-state index contributed by atoms with van der Waals surface area (Å²) < 4.78 is 76.0. The van der Waals surface area contributed by atoms with E-state index in [2.05, 4.69) is 10.6 Å². The van der Waals surface area contributed by atoms with Crippen molar-refractivity contribution in [2.45, 2.75) is 64.5 Å². The highest BCUT2D eigenvalue weighted by Crippen LogP contribution is 2.45. The van der Waals surface area contributed by atoms with Gasteiger partial charge in [0.15, 0.2) is 34.6 Å². The molecule has 316 valence electrons. The number of nitrogens with one attached hydrogen (secondary N) is 2. The number of nitrogens with zero attached hydrogens (tertiary/aromatic N) is 1. The van der Waals surface area contributed by atoms with Crippen LogP contribution in [0.15, 0.2) is 60.7 Å². The second-order valence-electron chi connectivity index (χ2n) is 16.3. The zero-order valence-electron chi connectivity index (χ0n) is 33.0. The summed E-state index contributed by atoms with van der Waals surface area (Å²) in [5, 5.41) is 6.17. The topological polar surface area (TPSA) is 141 Å². The van der Waals surface area contributed by atoms with Gasteiger partial charge in [-0.25, -0.2) is 22.4 Å². The standard InChI is InChI=1S/C23H22F2N2O4.C14H15F2NO.C8H9NO2/c24-15-8-16-17(18(25)9-15)10-23(11-19(16)28)4-6-27(7-5-23)22(29)26-12-14-2-1-3-20-21(14)31-13-30-20;15-9-5-10-11(12(16)6-9)7-14(8-13(10)18)1-3-17-4-2-14;9-4-6-2-1-3-7-8(6)11-5-10-7/h1-3,8-9H,4-7,10-13H2,(H,26,29);5-6,17H,1-4,7-8H2;1-3H,4-5,9H2. The highest BCUT2D eigenvalue weighted by atomic mass is 19.1. The maximum Gasteiger partial charge on any atom is 0.317 e. The largest absolute Gasteiger partial charge is 0.454 e. The van der Waals surface area contributed by atoms with Crippen molar-refractivity contribution in [3.05, 3.63) is 117 Å². The smallest absolute Gasteiger partial charge is 0.317 e. The van der Waals surface area contributed by atoms with E-state index in [9.17, 15) is 31.9 Å². The van der Waals surface area contributed by atoms with Crippen LogP contribution < -0.4 is 35.3 Å². The van der Waals surface area contributed by atoms with E-state index in [0.29, 0.717) is 87.7 Å². The Labute approximate surface area is 344 Å². The van der Waals surface area contributed by atoms with Gasteiger partial charge < -0.3 is 40.2 Å². The van der Waals surface area contributed by atoms with E-state index < -0.39 is 23.3 Å². The summed E-state index contributed by atoms with van der Waals surface area (Å²) in [4.78, 5) is 39.1. The van der Waals surface area contributed by atoms with Crippen molar-refractivity contribution in [1.82, 2.24) is 15.5 Å². The Morgan fingerprint density at radius 3 is 1.72 bits per heavy atom. The lowest BCUT2D eigenvalue weighted by atomic mass is 9.66. The molecule has 0 bridgehead atoms. The Bertz CT molecular complexity index is 2310. The molecule has 2 fully saturated rings. The van der Waals surface area contributed by atoms with Crippen molar-refractivity contribution in [2.24, 2.45) is 16.6 Å². The highest BCUT2D eigenvalue weighted by molar-refractivity contribution is 5.99. The van der Waals surface area contributed by atoms with Gasteiger partial charge >= 0.3 is 6.03 Å². The minimum atomic E-state index is -0.729. The number of benzene rings is 4. The predicted octanol–water partition coefficient (Wildman–Crippen LogP) is 7.15. The van der Waals surface area contributed by atoms with E-state index in [1.54, 1.807) is 4.90 Å². The molecule has 2 spiro atoms. The van der Waals surface area contributed by atoms with Crippen LogP contribution in [-0.2, 0) is 25.9 Å². The first-order valence-electron chi connectivity index (χ1n) is 20.2. The average Bonchev–Trinajstić information content (AvgIpc) is 3.93. The molecule has 6 aliphatic rings. The number of carbonyl (C=O) groups is 3. The SMILES string of the molecule is NCc1cccc2c1OCO2.O=C1CC2(CCN(C(=O)NCc3cccc4c3OCO4)CC2)Cc2c(F)cc(F)cc21.O=C1CC2(CCNCC2)Cc2c(F)cc(F)cc21. The Morgan fingerprint density at radius 2 is 1.18 bits per heavy atom. The second-order valence-corrected chi connectivity index (χ2v) is 16.3. The maximum atomic E-state index is 14.3. The van der Waals surface area contributed by atoms with Gasteiger partial charge in [-0.1, -0.05) is 24.3 Å². The molecular weight excluding hydrogens is 785 g/mol. The van der Waals surface area contributed by atoms with Crippen molar-refractivity contribution in [3.8, 4) is 23.0 Å². The number of nitrogens with two attached hydrogens (primary N) is 1. The normalized spacial score (nSPS) is 18.8. The van der Waals surface area contributed by atoms with Gasteiger partial charge in [0.05, 0.1) is 0 Å². The fraction of sp³-hybridized carbons (Fsp3) is 0.400. The lowest BCUT2D eigenvalue weighted by molar-refractivity contribution is 0.0728. The molecule has 4 heterocycles. The van der Waals surface area contributed by atoms with Crippen molar-refractivity contribution in [1.29, 1.82) is 0 Å². The molecule has 60 heavy (non-hydrogen) atoms. The number of urea groups is 1. The van der Waals surface area contributed by atoms with Crippen molar-refractivity contribution >= 4 is 17.6 Å². The Kier molecular flexibility index (Phi) is 11.7. The minimum absolute atomic E-state index is 0.114. The molecule has 0 atom stereocenters. The molecule has 11 nitrogen and oxygen atoms in total. The molecule has 0 radical (unpaired) electrons. The number of carbonyl (C=O) groups excluding carboxylic acids is 3. The zero-order valence-corrected chi connectivity index (χ0v) is 33.0. The summed E-state index contributed by atoms with van der Waals surface area (Å²) in [7, 11) is 0. The van der Waals surface area contributed by atoms with E-state index in [1.807, 2.05) is 36.4 Å². The first-order valence-corrected chi connectivity index (χ1v) is 20.2. The first-order chi connectivity index (χ1) is 28.9. The summed E-state index contributed by atoms with van der Waals surface area (Å²) in [5.74, 6) is -0.0504. The second kappa shape index (κ2) is 17.1. The number of halogens is 4. The van der Waals surface area contributed by atoms with E-state index in [-0.39, 0.29) is 52.8 Å². The average molecular weight is 831 g/mol. The maximum absolute atomic E-state index is 14.3. The third-order valence-corrected chi connectivity index (χ3v) is 12.5. The molecule has 15 heteroatoms. The number of piperidine rings is 2. The van der Waals surface area contributed by atoms with Gasteiger partial charge in [0.1, 0.15) is 23.3 Å². The van der Waals surface area contributed by atoms with Gasteiger partial charge in [0, 0.05) is 73.4 Å². The van der Waals surface area contributed by atoms with Crippen LogP contribution in [0.25, 0.3) is 0 Å². The van der Waals surface area contributed by atoms with Gasteiger partial charge in [0.25, 0.3) is 0 Å². The predicted molar refractivity (Wildman–Crippen MR) is 211 cm³/mol. The Morgan fingerprint density at radius 1 is 0.683 bits per heavy atom. The fourth-order valence-corrected chi connectivity index (χ4v) is 9.22. The first kappa shape index (κ1) is 41.1. The Hall–Kier alpha value is -5.67.